The van der Waals surface area contributed by atoms with Gasteiger partial charge in [-0.25, -0.2) is 0 Å². The third-order valence-corrected chi connectivity index (χ3v) is 3.99. The molecule has 0 rings (SSSR count). The summed E-state index contributed by atoms with van der Waals surface area (Å²) in [5, 5.41) is 12.0. The van der Waals surface area contributed by atoms with Crippen molar-refractivity contribution in [2.45, 2.75) is 91.0 Å². The third kappa shape index (κ3) is 14.5. The Balaban J connectivity index is 3.54. The van der Waals surface area contributed by atoms with Crippen LogP contribution in [0.15, 0.2) is 0 Å². The number of unbranched alkanes of at least 4 members (excludes halogenated alkanes) is 7. The first kappa shape index (κ1) is 22.9. The van der Waals surface area contributed by atoms with Gasteiger partial charge in [0.05, 0.1) is 13.0 Å². The van der Waals surface area contributed by atoms with Crippen LogP contribution in [0.3, 0.4) is 0 Å². The number of ether oxygens (including phenoxy) is 1. The lowest BCUT2D eigenvalue weighted by molar-refractivity contribution is -0.144. The number of hydrogen-bond donors (Lipinski definition) is 2. The van der Waals surface area contributed by atoms with Crippen molar-refractivity contribution in [1.82, 2.24) is 5.32 Å². The zero-order valence-corrected chi connectivity index (χ0v) is 15.8. The van der Waals surface area contributed by atoms with Crippen LogP contribution >= 0.6 is 0 Å². The summed E-state index contributed by atoms with van der Waals surface area (Å²) >= 11 is 0. The van der Waals surface area contributed by atoms with Crippen molar-refractivity contribution in [1.29, 1.82) is 0 Å². The van der Waals surface area contributed by atoms with Gasteiger partial charge in [0.2, 0.25) is 0 Å². The Bertz CT molecular complexity index is 331. The molecule has 2 N–H and O–H groups in total. The van der Waals surface area contributed by atoms with Gasteiger partial charge in [0.25, 0.3) is 0 Å². The fraction of sp³-hybridized carbons (Fsp3) is 0.895. The van der Waals surface area contributed by atoms with Crippen LogP contribution in [-0.2, 0) is 14.3 Å². The highest BCUT2D eigenvalue weighted by Crippen LogP contribution is 2.08. The molecule has 0 unspecified atom stereocenters. The first-order valence-electron chi connectivity index (χ1n) is 9.59. The SMILES string of the molecule is CCCCCCCCCCOC(=O)CCN[C@@H](CC(C)C)C(=O)O. The summed E-state index contributed by atoms with van der Waals surface area (Å²) in [7, 11) is 0. The normalized spacial score (nSPS) is 12.3. The highest BCUT2D eigenvalue weighted by Gasteiger charge is 2.18. The van der Waals surface area contributed by atoms with Crippen LogP contribution in [0.5, 0.6) is 0 Å². The van der Waals surface area contributed by atoms with Crippen LogP contribution < -0.4 is 5.32 Å². The first-order valence-corrected chi connectivity index (χ1v) is 9.59. The summed E-state index contributed by atoms with van der Waals surface area (Å²) in [5.41, 5.74) is 0. The van der Waals surface area contributed by atoms with Crippen LogP contribution in [0, 0.1) is 5.92 Å². The smallest absolute Gasteiger partial charge is 0.320 e. The van der Waals surface area contributed by atoms with Gasteiger partial charge >= 0.3 is 11.9 Å². The van der Waals surface area contributed by atoms with Gasteiger partial charge in [-0.2, -0.15) is 0 Å². The molecular formula is C19H37NO4. The number of esters is 1. The summed E-state index contributed by atoms with van der Waals surface area (Å²) in [6, 6.07) is -0.592. The molecule has 24 heavy (non-hydrogen) atoms. The standard InChI is InChI=1S/C19H37NO4/c1-4-5-6-7-8-9-10-11-14-24-18(21)12-13-20-17(19(22)23)15-16(2)3/h16-17,20H,4-15H2,1-3H3,(H,22,23)/t17-/m0/s1. The molecule has 142 valence electrons. The molecule has 0 aliphatic rings. The van der Waals surface area contributed by atoms with Crippen LogP contribution in [0.25, 0.3) is 0 Å². The van der Waals surface area contributed by atoms with Gasteiger partial charge in [-0.1, -0.05) is 65.7 Å². The topological polar surface area (TPSA) is 75.6 Å². The van der Waals surface area contributed by atoms with Crippen molar-refractivity contribution in [2.75, 3.05) is 13.2 Å². The maximum Gasteiger partial charge on any atom is 0.320 e. The van der Waals surface area contributed by atoms with E-state index in [1.54, 1.807) is 0 Å². The number of carboxylic acid groups (broad SMARTS) is 1. The summed E-state index contributed by atoms with van der Waals surface area (Å²) in [6.07, 6.45) is 10.5. The lowest BCUT2D eigenvalue weighted by Gasteiger charge is -2.16. The molecule has 0 saturated heterocycles. The Morgan fingerprint density at radius 1 is 1.00 bits per heavy atom. The number of hydrogen-bond acceptors (Lipinski definition) is 4. The van der Waals surface area contributed by atoms with Crippen molar-refractivity contribution >= 4 is 11.9 Å². The van der Waals surface area contributed by atoms with E-state index in [0.717, 1.165) is 12.8 Å². The Morgan fingerprint density at radius 2 is 1.58 bits per heavy atom. The molecule has 0 radical (unpaired) electrons. The molecule has 0 aliphatic carbocycles. The summed E-state index contributed by atoms with van der Waals surface area (Å²) in [6.45, 7) is 7.00. The molecule has 0 saturated carbocycles. The van der Waals surface area contributed by atoms with E-state index in [-0.39, 0.29) is 12.4 Å². The van der Waals surface area contributed by atoms with E-state index in [1.165, 1.54) is 38.5 Å². The molecular weight excluding hydrogens is 306 g/mol. The Hall–Kier alpha value is -1.10. The Morgan fingerprint density at radius 3 is 2.12 bits per heavy atom. The van der Waals surface area contributed by atoms with E-state index in [4.69, 9.17) is 9.84 Å². The highest BCUT2D eigenvalue weighted by molar-refractivity contribution is 5.73. The van der Waals surface area contributed by atoms with Crippen molar-refractivity contribution < 1.29 is 19.4 Å². The average molecular weight is 344 g/mol. The van der Waals surface area contributed by atoms with E-state index >= 15 is 0 Å². The van der Waals surface area contributed by atoms with Crippen LogP contribution in [0.4, 0.5) is 0 Å². The second-order valence-corrected chi connectivity index (χ2v) is 6.92. The van der Waals surface area contributed by atoms with E-state index < -0.39 is 12.0 Å². The van der Waals surface area contributed by atoms with Gasteiger partial charge in [0, 0.05) is 6.54 Å². The van der Waals surface area contributed by atoms with E-state index in [9.17, 15) is 9.59 Å². The monoisotopic (exact) mass is 343 g/mol. The van der Waals surface area contributed by atoms with E-state index in [2.05, 4.69) is 12.2 Å². The molecule has 5 heteroatoms. The van der Waals surface area contributed by atoms with Crippen molar-refractivity contribution in [2.24, 2.45) is 5.92 Å². The molecule has 0 fully saturated rings. The minimum Gasteiger partial charge on any atom is -0.480 e. The number of carbonyl (C=O) groups is 2. The third-order valence-electron chi connectivity index (χ3n) is 3.99. The second-order valence-electron chi connectivity index (χ2n) is 6.92. The predicted octanol–water partition coefficient (Wildman–Crippen LogP) is 4.15. The number of nitrogens with one attached hydrogen (secondary N) is 1. The van der Waals surface area contributed by atoms with Crippen LogP contribution in [-0.4, -0.2) is 36.2 Å². The molecule has 0 aromatic rings. The lowest BCUT2D eigenvalue weighted by Crippen LogP contribution is -2.39. The van der Waals surface area contributed by atoms with Gasteiger partial charge in [-0.15, -0.1) is 0 Å². The molecule has 0 aromatic heterocycles. The molecule has 0 bridgehead atoms. The molecule has 0 aromatic carbocycles. The van der Waals surface area contributed by atoms with E-state index in [1.807, 2.05) is 13.8 Å². The van der Waals surface area contributed by atoms with Gasteiger partial charge in [0.1, 0.15) is 6.04 Å². The highest BCUT2D eigenvalue weighted by atomic mass is 16.5. The van der Waals surface area contributed by atoms with Gasteiger partial charge in [-0.05, 0) is 18.8 Å². The minimum absolute atomic E-state index is 0.221. The quantitative estimate of drug-likeness (QED) is 0.325. The minimum atomic E-state index is -0.865. The molecule has 1 atom stereocenters. The zero-order chi connectivity index (χ0) is 18.2. The van der Waals surface area contributed by atoms with Crippen LogP contribution in [0.1, 0.15) is 85.0 Å². The Kier molecular flexibility index (Phi) is 14.7. The maximum atomic E-state index is 11.6. The molecule has 0 amide bonds. The molecule has 0 heterocycles. The van der Waals surface area contributed by atoms with Crippen molar-refractivity contribution in [3.63, 3.8) is 0 Å². The van der Waals surface area contributed by atoms with Gasteiger partial charge in [0.15, 0.2) is 0 Å². The number of aliphatic carboxylic acids is 1. The van der Waals surface area contributed by atoms with Crippen molar-refractivity contribution in [3.8, 4) is 0 Å². The largest absolute Gasteiger partial charge is 0.480 e. The second kappa shape index (κ2) is 15.4. The summed E-state index contributed by atoms with van der Waals surface area (Å²) in [4.78, 5) is 22.7. The van der Waals surface area contributed by atoms with E-state index in [0.29, 0.717) is 25.5 Å². The van der Waals surface area contributed by atoms with Crippen LogP contribution in [0.2, 0.25) is 0 Å². The average Bonchev–Trinajstić information content (AvgIpc) is 2.51. The lowest BCUT2D eigenvalue weighted by atomic mass is 10.0. The fourth-order valence-corrected chi connectivity index (χ4v) is 2.59. The Labute approximate surface area is 147 Å². The molecule has 0 spiro atoms. The maximum absolute atomic E-state index is 11.6. The molecule has 5 nitrogen and oxygen atoms in total. The fourth-order valence-electron chi connectivity index (χ4n) is 2.59. The van der Waals surface area contributed by atoms with Crippen molar-refractivity contribution in [3.05, 3.63) is 0 Å². The number of rotatable bonds is 16. The predicted molar refractivity (Wildman–Crippen MR) is 97.1 cm³/mol. The number of carbonyl (C=O) groups excluding carboxylic acids is 1. The molecule has 0 aliphatic heterocycles. The van der Waals surface area contributed by atoms with Gasteiger partial charge < -0.3 is 15.2 Å². The van der Waals surface area contributed by atoms with Gasteiger partial charge in [-0.3, -0.25) is 9.59 Å². The first-order chi connectivity index (χ1) is 11.5. The number of carboxylic acids is 1. The summed E-state index contributed by atoms with van der Waals surface area (Å²) in [5.74, 6) is -0.817. The summed E-state index contributed by atoms with van der Waals surface area (Å²) < 4.78 is 5.18. The zero-order valence-electron chi connectivity index (χ0n) is 15.8.